The van der Waals surface area contributed by atoms with Gasteiger partial charge in [-0.3, -0.25) is 0 Å². The smallest absolute Gasteiger partial charge is 0.256 e. The first-order chi connectivity index (χ1) is 9.57. The molecule has 1 N–H and O–H groups in total. The second-order valence-corrected chi connectivity index (χ2v) is 5.32. The summed E-state index contributed by atoms with van der Waals surface area (Å²) in [4.78, 5) is 12.5. The Balaban J connectivity index is 1.90. The lowest BCUT2D eigenvalue weighted by Gasteiger charge is -2.28. The number of halogens is 1. The third kappa shape index (κ3) is 2.46. The van der Waals surface area contributed by atoms with Gasteiger partial charge in [-0.15, -0.1) is 0 Å². The second-order valence-electron chi connectivity index (χ2n) is 4.98. The molecule has 8 heteroatoms. The zero-order chi connectivity index (χ0) is 14.2. The Kier molecular flexibility index (Phi) is 3.31. The van der Waals surface area contributed by atoms with Gasteiger partial charge in [-0.1, -0.05) is 0 Å². The summed E-state index contributed by atoms with van der Waals surface area (Å²) in [6, 6.07) is 1.79. The first-order valence-corrected chi connectivity index (χ1v) is 6.76. The fourth-order valence-corrected chi connectivity index (χ4v) is 2.30. The molecule has 0 aromatic carbocycles. The van der Waals surface area contributed by atoms with E-state index >= 15 is 0 Å². The van der Waals surface area contributed by atoms with Crippen LogP contribution in [0.3, 0.4) is 0 Å². The van der Waals surface area contributed by atoms with Crippen LogP contribution in [0.2, 0.25) is 5.28 Å². The van der Waals surface area contributed by atoms with Gasteiger partial charge < -0.3 is 10.1 Å². The van der Waals surface area contributed by atoms with Crippen LogP contribution in [0.1, 0.15) is 20.3 Å². The molecule has 20 heavy (non-hydrogen) atoms. The fraction of sp³-hybridized carbons (Fsp3) is 0.500. The molecule has 1 aliphatic rings. The van der Waals surface area contributed by atoms with Crippen molar-refractivity contribution >= 4 is 17.5 Å². The molecule has 106 valence electrons. The van der Waals surface area contributed by atoms with Crippen molar-refractivity contribution in [3.63, 3.8) is 0 Å². The molecule has 3 heterocycles. The van der Waals surface area contributed by atoms with Crippen LogP contribution in [-0.2, 0) is 4.74 Å². The summed E-state index contributed by atoms with van der Waals surface area (Å²) in [6.07, 6.45) is 4.36. The van der Waals surface area contributed by atoms with E-state index in [-0.39, 0.29) is 16.9 Å². The van der Waals surface area contributed by atoms with Crippen molar-refractivity contribution in [2.24, 2.45) is 0 Å². The van der Waals surface area contributed by atoms with Crippen LogP contribution in [0.5, 0.6) is 0 Å². The molecule has 1 aliphatic heterocycles. The van der Waals surface area contributed by atoms with Gasteiger partial charge in [-0.05, 0) is 37.9 Å². The van der Waals surface area contributed by atoms with Gasteiger partial charge in [0.1, 0.15) is 0 Å². The number of anilines is 1. The molecular weight excluding hydrogens is 280 g/mol. The van der Waals surface area contributed by atoms with Crippen molar-refractivity contribution in [2.45, 2.75) is 31.9 Å². The molecule has 7 nitrogen and oxygen atoms in total. The summed E-state index contributed by atoms with van der Waals surface area (Å²) >= 11 is 5.96. The molecule has 0 saturated carbocycles. The predicted octanol–water partition coefficient (Wildman–Crippen LogP) is 1.69. The number of aromatic nitrogens is 5. The highest BCUT2D eigenvalue weighted by atomic mass is 35.5. The first kappa shape index (κ1) is 13.3. The highest BCUT2D eigenvalue weighted by Crippen LogP contribution is 2.28. The molecule has 3 rings (SSSR count). The van der Waals surface area contributed by atoms with Gasteiger partial charge in [0.2, 0.25) is 11.2 Å². The minimum Gasteiger partial charge on any atom is -0.376 e. The summed E-state index contributed by atoms with van der Waals surface area (Å²) in [6.45, 7) is 4.82. The Bertz CT molecular complexity index is 604. The lowest BCUT2D eigenvalue weighted by Crippen LogP contribution is -2.41. The number of hydrogen-bond donors (Lipinski definition) is 1. The third-order valence-corrected chi connectivity index (χ3v) is 3.76. The number of nitrogens with zero attached hydrogens (tertiary/aromatic N) is 5. The van der Waals surface area contributed by atoms with Crippen molar-refractivity contribution in [3.8, 4) is 5.95 Å². The maximum atomic E-state index is 5.96. The van der Waals surface area contributed by atoms with Crippen molar-refractivity contribution < 1.29 is 4.74 Å². The molecule has 2 aromatic rings. The van der Waals surface area contributed by atoms with E-state index in [0.29, 0.717) is 11.9 Å². The van der Waals surface area contributed by atoms with Gasteiger partial charge in [-0.2, -0.15) is 20.1 Å². The Morgan fingerprint density at radius 2 is 2.30 bits per heavy atom. The summed E-state index contributed by atoms with van der Waals surface area (Å²) in [5.41, 5.74) is -0.216. The first-order valence-electron chi connectivity index (χ1n) is 6.38. The largest absolute Gasteiger partial charge is 0.376 e. The van der Waals surface area contributed by atoms with Crippen LogP contribution in [0, 0.1) is 0 Å². The van der Waals surface area contributed by atoms with Crippen LogP contribution in [0.25, 0.3) is 5.95 Å². The van der Waals surface area contributed by atoms with E-state index < -0.39 is 0 Å². The average molecular weight is 295 g/mol. The molecule has 2 atom stereocenters. The second kappa shape index (κ2) is 4.99. The van der Waals surface area contributed by atoms with Crippen LogP contribution in [0.15, 0.2) is 18.5 Å². The Morgan fingerprint density at radius 1 is 1.45 bits per heavy atom. The minimum atomic E-state index is -0.216. The zero-order valence-electron chi connectivity index (χ0n) is 11.2. The lowest BCUT2D eigenvalue weighted by molar-refractivity contribution is 0.105. The number of nitrogens with one attached hydrogen (secondary N) is 1. The van der Waals surface area contributed by atoms with Crippen LogP contribution < -0.4 is 5.32 Å². The maximum absolute atomic E-state index is 5.96. The quantitative estimate of drug-likeness (QED) is 0.928. The molecule has 1 fully saturated rings. The molecule has 1 saturated heterocycles. The van der Waals surface area contributed by atoms with Gasteiger partial charge in [0, 0.05) is 19.0 Å². The summed E-state index contributed by atoms with van der Waals surface area (Å²) in [5.74, 6) is 0.808. The van der Waals surface area contributed by atoms with Gasteiger partial charge in [-0.25, -0.2) is 4.68 Å². The van der Waals surface area contributed by atoms with Gasteiger partial charge in [0.05, 0.1) is 11.6 Å². The molecule has 0 aliphatic carbocycles. The van der Waals surface area contributed by atoms with E-state index in [0.717, 1.165) is 13.0 Å². The normalized spacial score (nSPS) is 25.9. The molecule has 2 unspecified atom stereocenters. The number of rotatable bonds is 3. The van der Waals surface area contributed by atoms with E-state index in [9.17, 15) is 0 Å². The van der Waals surface area contributed by atoms with Crippen molar-refractivity contribution in [1.29, 1.82) is 0 Å². The predicted molar refractivity (Wildman–Crippen MR) is 74.0 cm³/mol. The summed E-state index contributed by atoms with van der Waals surface area (Å²) in [5, 5.41) is 7.51. The average Bonchev–Trinajstić information content (AvgIpc) is 3.00. The number of ether oxygens (including phenoxy) is 1. The maximum Gasteiger partial charge on any atom is 0.256 e. The van der Waals surface area contributed by atoms with E-state index in [1.54, 1.807) is 18.5 Å². The lowest BCUT2D eigenvalue weighted by atomic mass is 9.95. The van der Waals surface area contributed by atoms with Crippen LogP contribution in [-0.4, -0.2) is 43.0 Å². The van der Waals surface area contributed by atoms with E-state index in [4.69, 9.17) is 16.3 Å². The molecule has 0 amide bonds. The number of hydrogen-bond acceptors (Lipinski definition) is 6. The van der Waals surface area contributed by atoms with Gasteiger partial charge >= 0.3 is 0 Å². The monoisotopic (exact) mass is 294 g/mol. The Morgan fingerprint density at radius 3 is 2.95 bits per heavy atom. The Hall–Kier alpha value is -1.73. The van der Waals surface area contributed by atoms with Crippen LogP contribution >= 0.6 is 11.6 Å². The third-order valence-electron chi connectivity index (χ3n) is 3.59. The van der Waals surface area contributed by atoms with Gasteiger partial charge in [0.15, 0.2) is 0 Å². The minimum absolute atomic E-state index is 0.0752. The fourth-order valence-electron chi connectivity index (χ4n) is 2.14. The SMILES string of the molecule is CC1OCCC1(C)Nc1nc(Cl)nc(-n2cccn2)n1. The van der Waals surface area contributed by atoms with Crippen molar-refractivity contribution in [2.75, 3.05) is 11.9 Å². The standard InChI is InChI=1S/C12H15ClN6O/c1-8-12(2,4-7-20-8)18-10-15-9(13)16-11(17-10)19-6-3-5-14-19/h3,5-6,8H,4,7H2,1-2H3,(H,15,16,17,18). The Labute approximate surface area is 121 Å². The topological polar surface area (TPSA) is 77.8 Å². The highest BCUT2D eigenvalue weighted by Gasteiger charge is 2.37. The molecule has 0 spiro atoms. The van der Waals surface area contributed by atoms with Crippen LogP contribution in [0.4, 0.5) is 5.95 Å². The molecule has 0 bridgehead atoms. The van der Waals surface area contributed by atoms with Gasteiger partial charge in [0.25, 0.3) is 5.95 Å². The van der Waals surface area contributed by atoms with E-state index in [1.807, 2.05) is 6.92 Å². The van der Waals surface area contributed by atoms with E-state index in [2.05, 4.69) is 32.3 Å². The van der Waals surface area contributed by atoms with Crippen molar-refractivity contribution in [1.82, 2.24) is 24.7 Å². The highest BCUT2D eigenvalue weighted by molar-refractivity contribution is 6.28. The summed E-state index contributed by atoms with van der Waals surface area (Å²) < 4.78 is 7.13. The molecule has 0 radical (unpaired) electrons. The van der Waals surface area contributed by atoms with Crippen molar-refractivity contribution in [3.05, 3.63) is 23.7 Å². The zero-order valence-corrected chi connectivity index (χ0v) is 12.0. The van der Waals surface area contributed by atoms with E-state index in [1.165, 1.54) is 4.68 Å². The molecule has 2 aromatic heterocycles. The molecular formula is C12H15ClN6O. The summed E-state index contributed by atoms with van der Waals surface area (Å²) in [7, 11) is 0.